The molecule has 1 atom stereocenters. The SMILES string of the molecule is Cc1c(OCC(O)CNC(C)(C)C)csc1Cl. The molecule has 0 amide bonds. The van der Waals surface area contributed by atoms with E-state index >= 15 is 0 Å². The van der Waals surface area contributed by atoms with Crippen molar-refractivity contribution in [1.29, 1.82) is 0 Å². The van der Waals surface area contributed by atoms with Gasteiger partial charge in [0.05, 0.1) is 4.34 Å². The second-order valence-electron chi connectivity index (χ2n) is 5.09. The van der Waals surface area contributed by atoms with Crippen molar-refractivity contribution in [2.75, 3.05) is 13.2 Å². The number of thiophene rings is 1. The Morgan fingerprint density at radius 3 is 2.65 bits per heavy atom. The molecule has 0 bridgehead atoms. The molecule has 17 heavy (non-hydrogen) atoms. The van der Waals surface area contributed by atoms with Crippen LogP contribution in [-0.2, 0) is 0 Å². The van der Waals surface area contributed by atoms with Gasteiger partial charge in [-0.2, -0.15) is 0 Å². The van der Waals surface area contributed by atoms with E-state index in [9.17, 15) is 5.11 Å². The van der Waals surface area contributed by atoms with E-state index in [0.717, 1.165) is 15.6 Å². The first-order valence-corrected chi connectivity index (χ1v) is 6.85. The molecule has 98 valence electrons. The number of aliphatic hydroxyl groups excluding tert-OH is 1. The van der Waals surface area contributed by atoms with Crippen LogP contribution in [0.15, 0.2) is 5.38 Å². The fraction of sp³-hybridized carbons (Fsp3) is 0.667. The molecule has 1 unspecified atom stereocenters. The van der Waals surface area contributed by atoms with Gasteiger partial charge in [0.25, 0.3) is 0 Å². The predicted octanol–water partition coefficient (Wildman–Crippen LogP) is 2.84. The largest absolute Gasteiger partial charge is 0.490 e. The van der Waals surface area contributed by atoms with Gasteiger partial charge < -0.3 is 15.2 Å². The summed E-state index contributed by atoms with van der Waals surface area (Å²) < 4.78 is 6.26. The highest BCUT2D eigenvalue weighted by Gasteiger charge is 2.13. The first kappa shape index (κ1) is 14.8. The summed E-state index contributed by atoms with van der Waals surface area (Å²) in [5, 5.41) is 14.8. The summed E-state index contributed by atoms with van der Waals surface area (Å²) in [5.74, 6) is 0.759. The van der Waals surface area contributed by atoms with E-state index in [-0.39, 0.29) is 12.1 Å². The smallest absolute Gasteiger partial charge is 0.134 e. The van der Waals surface area contributed by atoms with E-state index in [1.54, 1.807) is 0 Å². The van der Waals surface area contributed by atoms with Crippen molar-refractivity contribution >= 4 is 22.9 Å². The van der Waals surface area contributed by atoms with E-state index in [1.165, 1.54) is 11.3 Å². The minimum atomic E-state index is -0.521. The molecule has 0 fully saturated rings. The van der Waals surface area contributed by atoms with E-state index in [0.29, 0.717) is 6.54 Å². The molecule has 1 aromatic heterocycles. The zero-order chi connectivity index (χ0) is 13.1. The molecular formula is C12H20ClNO2S. The monoisotopic (exact) mass is 277 g/mol. The Morgan fingerprint density at radius 2 is 2.18 bits per heavy atom. The van der Waals surface area contributed by atoms with Crippen LogP contribution in [0.3, 0.4) is 0 Å². The minimum absolute atomic E-state index is 0.00257. The van der Waals surface area contributed by atoms with Crippen LogP contribution in [0, 0.1) is 6.92 Å². The molecule has 1 rings (SSSR count). The number of β-amino-alcohol motifs (C(OH)–C–C–N with tert-alkyl or cyclic N) is 1. The molecule has 2 N–H and O–H groups in total. The maximum Gasteiger partial charge on any atom is 0.134 e. The van der Waals surface area contributed by atoms with Crippen LogP contribution in [0.25, 0.3) is 0 Å². The lowest BCUT2D eigenvalue weighted by Crippen LogP contribution is -2.42. The predicted molar refractivity (Wildman–Crippen MR) is 73.3 cm³/mol. The first-order valence-electron chi connectivity index (χ1n) is 5.59. The molecule has 3 nitrogen and oxygen atoms in total. The van der Waals surface area contributed by atoms with Gasteiger partial charge in [0.15, 0.2) is 0 Å². The van der Waals surface area contributed by atoms with Gasteiger partial charge in [-0.25, -0.2) is 0 Å². The molecule has 0 saturated heterocycles. The second-order valence-corrected chi connectivity index (χ2v) is 6.58. The lowest BCUT2D eigenvalue weighted by Gasteiger charge is -2.22. The number of aliphatic hydroxyl groups is 1. The summed E-state index contributed by atoms with van der Waals surface area (Å²) in [6, 6.07) is 0. The summed E-state index contributed by atoms with van der Waals surface area (Å²) in [5.41, 5.74) is 0.940. The lowest BCUT2D eigenvalue weighted by molar-refractivity contribution is 0.1000. The molecule has 0 aromatic carbocycles. The van der Waals surface area contributed by atoms with Crippen molar-refractivity contribution < 1.29 is 9.84 Å². The molecule has 0 radical (unpaired) electrons. The molecule has 0 saturated carbocycles. The molecule has 0 aliphatic carbocycles. The summed E-state index contributed by atoms with van der Waals surface area (Å²) in [4.78, 5) is 0. The minimum Gasteiger partial charge on any atom is -0.490 e. The zero-order valence-electron chi connectivity index (χ0n) is 10.7. The van der Waals surface area contributed by atoms with Crippen LogP contribution in [0.5, 0.6) is 5.75 Å². The van der Waals surface area contributed by atoms with E-state index in [2.05, 4.69) is 26.1 Å². The van der Waals surface area contributed by atoms with Gasteiger partial charge in [-0.05, 0) is 27.7 Å². The van der Waals surface area contributed by atoms with Crippen molar-refractivity contribution in [3.63, 3.8) is 0 Å². The number of ether oxygens (including phenoxy) is 1. The maximum absolute atomic E-state index is 9.75. The molecule has 1 aromatic rings. The van der Waals surface area contributed by atoms with E-state index < -0.39 is 6.10 Å². The van der Waals surface area contributed by atoms with Crippen molar-refractivity contribution in [1.82, 2.24) is 5.32 Å². The third-order valence-electron chi connectivity index (χ3n) is 2.23. The third kappa shape index (κ3) is 5.25. The highest BCUT2D eigenvalue weighted by atomic mass is 35.5. The molecule has 5 heteroatoms. The van der Waals surface area contributed by atoms with Gasteiger partial charge in [-0.1, -0.05) is 11.6 Å². The third-order valence-corrected chi connectivity index (χ3v) is 3.63. The number of rotatable bonds is 5. The van der Waals surface area contributed by atoms with Crippen LogP contribution in [0.1, 0.15) is 26.3 Å². The number of hydrogen-bond acceptors (Lipinski definition) is 4. The standard InChI is InChI=1S/C12H20ClNO2S/c1-8-10(7-17-11(8)13)16-6-9(15)5-14-12(2,3)4/h7,9,14-15H,5-6H2,1-4H3. The summed E-state index contributed by atoms with van der Waals surface area (Å²) in [7, 11) is 0. The van der Waals surface area contributed by atoms with E-state index in [1.807, 2.05) is 12.3 Å². The van der Waals surface area contributed by atoms with Crippen LogP contribution < -0.4 is 10.1 Å². The Hall–Kier alpha value is -0.290. The van der Waals surface area contributed by atoms with Crippen molar-refractivity contribution in [2.24, 2.45) is 0 Å². The molecule has 1 heterocycles. The van der Waals surface area contributed by atoms with Gasteiger partial charge in [-0.3, -0.25) is 0 Å². The van der Waals surface area contributed by atoms with Gasteiger partial charge in [0.1, 0.15) is 18.5 Å². The number of nitrogens with one attached hydrogen (secondary N) is 1. The Morgan fingerprint density at radius 1 is 1.53 bits per heavy atom. The van der Waals surface area contributed by atoms with Gasteiger partial charge in [-0.15, -0.1) is 11.3 Å². The Kier molecular flexibility index (Phi) is 5.25. The lowest BCUT2D eigenvalue weighted by atomic mass is 10.1. The van der Waals surface area contributed by atoms with Crippen LogP contribution in [0.2, 0.25) is 4.34 Å². The summed E-state index contributed by atoms with van der Waals surface area (Å²) in [6.07, 6.45) is -0.521. The van der Waals surface area contributed by atoms with Crippen LogP contribution in [0.4, 0.5) is 0 Å². The topological polar surface area (TPSA) is 41.5 Å². The molecule has 0 spiro atoms. The summed E-state index contributed by atoms with van der Waals surface area (Å²) in [6.45, 7) is 8.88. The Bertz CT molecular complexity index is 360. The van der Waals surface area contributed by atoms with Crippen LogP contribution >= 0.6 is 22.9 Å². The molecule has 0 aliphatic rings. The van der Waals surface area contributed by atoms with Crippen molar-refractivity contribution in [3.05, 3.63) is 15.3 Å². The fourth-order valence-corrected chi connectivity index (χ4v) is 2.15. The van der Waals surface area contributed by atoms with E-state index in [4.69, 9.17) is 16.3 Å². The quantitative estimate of drug-likeness (QED) is 0.870. The highest BCUT2D eigenvalue weighted by molar-refractivity contribution is 7.14. The molecule has 0 aliphatic heterocycles. The highest BCUT2D eigenvalue weighted by Crippen LogP contribution is 2.32. The first-order chi connectivity index (χ1) is 7.79. The number of hydrogen-bond donors (Lipinski definition) is 2. The zero-order valence-corrected chi connectivity index (χ0v) is 12.3. The van der Waals surface area contributed by atoms with Crippen molar-refractivity contribution in [2.45, 2.75) is 39.3 Å². The van der Waals surface area contributed by atoms with Crippen molar-refractivity contribution in [3.8, 4) is 5.75 Å². The van der Waals surface area contributed by atoms with Gasteiger partial charge >= 0.3 is 0 Å². The fourth-order valence-electron chi connectivity index (χ4n) is 1.19. The summed E-state index contributed by atoms with van der Waals surface area (Å²) >= 11 is 7.37. The normalized spacial score (nSPS) is 13.8. The van der Waals surface area contributed by atoms with Gasteiger partial charge in [0, 0.05) is 23.0 Å². The average Bonchev–Trinajstić information content (AvgIpc) is 2.53. The van der Waals surface area contributed by atoms with Crippen LogP contribution in [-0.4, -0.2) is 29.9 Å². The second kappa shape index (κ2) is 6.05. The average molecular weight is 278 g/mol. The van der Waals surface area contributed by atoms with Gasteiger partial charge in [0.2, 0.25) is 0 Å². The maximum atomic E-state index is 9.75. The Labute approximate surface area is 112 Å². The number of halogens is 1. The molecular weight excluding hydrogens is 258 g/mol. The Balaban J connectivity index is 2.33.